The first-order valence-corrected chi connectivity index (χ1v) is 18.3. The molecule has 2 aromatic heterocycles. The van der Waals surface area contributed by atoms with Gasteiger partial charge in [0.1, 0.15) is 0 Å². The number of fused-ring (bicyclic) bond motifs is 8. The number of benzene rings is 1. The summed E-state index contributed by atoms with van der Waals surface area (Å²) in [6, 6.07) is 9.32. The van der Waals surface area contributed by atoms with Gasteiger partial charge in [-0.05, 0) is 98.7 Å². The second-order valence-electron chi connectivity index (χ2n) is 14.6. The van der Waals surface area contributed by atoms with Crippen LogP contribution in [-0.4, -0.2) is 49.7 Å². The molecule has 2 N–H and O–H groups in total. The van der Waals surface area contributed by atoms with Crippen LogP contribution < -0.4 is 0 Å². The Bertz CT molecular complexity index is 2480. The zero-order valence-corrected chi connectivity index (χ0v) is 31.8. The number of halogens is 3. The fourth-order valence-electron chi connectivity index (χ4n) is 8.25. The highest BCUT2D eigenvalue weighted by Crippen LogP contribution is 2.45. The Kier molecular flexibility index (Phi) is 9.43. The summed E-state index contributed by atoms with van der Waals surface area (Å²) in [4.78, 5) is 59.9. The van der Waals surface area contributed by atoms with Crippen molar-refractivity contribution < 1.29 is 32.3 Å². The highest BCUT2D eigenvalue weighted by atomic mass is 19.4. The normalized spacial score (nSPS) is 17.6. The average molecular weight is 750 g/mol. The number of aromatic amines is 2. The van der Waals surface area contributed by atoms with Crippen LogP contribution in [0.3, 0.4) is 0 Å². The van der Waals surface area contributed by atoms with Gasteiger partial charge in [0.2, 0.25) is 0 Å². The smallest absolute Gasteiger partial charge is 0.416 e. The molecule has 1 aromatic carbocycles. The minimum absolute atomic E-state index is 0.0600. The first kappa shape index (κ1) is 37.5. The molecule has 2 atom stereocenters. The van der Waals surface area contributed by atoms with Crippen LogP contribution in [0.25, 0.3) is 33.3 Å². The summed E-state index contributed by atoms with van der Waals surface area (Å²) >= 11 is 0. The number of amides is 2. The molecule has 4 aliphatic rings. The lowest BCUT2D eigenvalue weighted by atomic mass is 9.84. The predicted molar refractivity (Wildman–Crippen MR) is 205 cm³/mol. The van der Waals surface area contributed by atoms with E-state index in [0.717, 1.165) is 50.7 Å². The van der Waals surface area contributed by atoms with Gasteiger partial charge in [-0.15, -0.1) is 0 Å². The topological polar surface area (TPSA) is 121 Å². The lowest BCUT2D eigenvalue weighted by Crippen LogP contribution is -2.40. The molecule has 0 saturated heterocycles. The number of carbonyl (C=O) groups excluding carboxylic acids is 3. The van der Waals surface area contributed by atoms with E-state index in [-0.39, 0.29) is 35.6 Å². The van der Waals surface area contributed by atoms with Gasteiger partial charge in [-0.25, -0.2) is 9.97 Å². The molecular weight excluding hydrogens is 707 g/mol. The monoisotopic (exact) mass is 749 g/mol. The van der Waals surface area contributed by atoms with Gasteiger partial charge in [-0.2, -0.15) is 13.2 Å². The van der Waals surface area contributed by atoms with Crippen LogP contribution in [0, 0.1) is 13.8 Å². The van der Waals surface area contributed by atoms with Crippen molar-refractivity contribution in [2.24, 2.45) is 0 Å². The number of ether oxygens (including phenoxy) is 1. The number of hydrogen-bond acceptors (Lipinski definition) is 6. The minimum Gasteiger partial charge on any atom is -0.469 e. The molecule has 0 unspecified atom stereocenters. The predicted octanol–water partition coefficient (Wildman–Crippen LogP) is 9.77. The number of hydrogen-bond donors (Lipinski definition) is 2. The van der Waals surface area contributed by atoms with Gasteiger partial charge in [0, 0.05) is 40.7 Å². The molecule has 9 nitrogen and oxygen atoms in total. The fraction of sp³-hybridized carbons (Fsp3) is 0.326. The molecule has 12 heteroatoms. The third-order valence-corrected chi connectivity index (χ3v) is 11.3. The van der Waals surface area contributed by atoms with E-state index in [1.54, 1.807) is 26.0 Å². The molecule has 0 fully saturated rings. The van der Waals surface area contributed by atoms with Crippen molar-refractivity contribution in [2.75, 3.05) is 7.11 Å². The summed E-state index contributed by atoms with van der Waals surface area (Å²) in [5, 5.41) is 0. The van der Waals surface area contributed by atoms with Crippen molar-refractivity contribution in [2.45, 2.75) is 85.4 Å². The van der Waals surface area contributed by atoms with Crippen LogP contribution in [0.4, 0.5) is 13.2 Å². The number of allylic oxidation sites excluding steroid dienone is 5. The maximum Gasteiger partial charge on any atom is 0.416 e. The van der Waals surface area contributed by atoms with Gasteiger partial charge >= 0.3 is 12.1 Å². The number of alkyl halides is 3. The maximum absolute atomic E-state index is 14.9. The number of carbonyl (C=O) groups is 3. The molecule has 4 aliphatic heterocycles. The molecular formula is C43H42F3N5O4. The first-order valence-electron chi connectivity index (χ1n) is 18.3. The zero-order valence-electron chi connectivity index (χ0n) is 31.8. The van der Waals surface area contributed by atoms with Gasteiger partial charge in [-0.3, -0.25) is 19.3 Å². The van der Waals surface area contributed by atoms with E-state index in [0.29, 0.717) is 57.8 Å². The molecule has 55 heavy (non-hydrogen) atoms. The third-order valence-electron chi connectivity index (χ3n) is 11.3. The van der Waals surface area contributed by atoms with Crippen molar-refractivity contribution in [3.8, 4) is 0 Å². The van der Waals surface area contributed by atoms with E-state index in [1.165, 1.54) is 7.11 Å². The Hall–Kier alpha value is -5.78. The van der Waals surface area contributed by atoms with Crippen molar-refractivity contribution in [3.05, 3.63) is 117 Å². The van der Waals surface area contributed by atoms with Gasteiger partial charge < -0.3 is 14.7 Å². The number of H-pyrrole nitrogens is 2. The molecule has 284 valence electrons. The van der Waals surface area contributed by atoms with Gasteiger partial charge in [-0.1, -0.05) is 38.1 Å². The Morgan fingerprint density at radius 2 is 1.62 bits per heavy atom. The number of esters is 1. The zero-order chi connectivity index (χ0) is 39.7. The molecule has 0 radical (unpaired) electrons. The highest BCUT2D eigenvalue weighted by molar-refractivity contribution is 6.23. The van der Waals surface area contributed by atoms with Crippen LogP contribution in [0.2, 0.25) is 0 Å². The number of nitrogens with one attached hydrogen (secondary N) is 2. The van der Waals surface area contributed by atoms with Crippen LogP contribution >= 0.6 is 0 Å². The van der Waals surface area contributed by atoms with Gasteiger partial charge in [0.05, 0.1) is 58.6 Å². The van der Waals surface area contributed by atoms with E-state index < -0.39 is 35.4 Å². The number of rotatable bonds is 7. The van der Waals surface area contributed by atoms with Crippen molar-refractivity contribution in [3.63, 3.8) is 0 Å². The highest BCUT2D eigenvalue weighted by Gasteiger charge is 2.41. The van der Waals surface area contributed by atoms with E-state index in [1.807, 2.05) is 45.9 Å². The molecule has 6 heterocycles. The molecule has 0 spiro atoms. The number of aromatic nitrogens is 4. The van der Waals surface area contributed by atoms with E-state index in [9.17, 15) is 27.6 Å². The lowest BCUT2D eigenvalue weighted by molar-refractivity contribution is -0.141. The minimum atomic E-state index is -4.62. The largest absolute Gasteiger partial charge is 0.469 e. The fourth-order valence-corrected chi connectivity index (χ4v) is 8.25. The molecule has 7 rings (SSSR count). The van der Waals surface area contributed by atoms with Gasteiger partial charge in [0.25, 0.3) is 11.8 Å². The molecule has 0 saturated carbocycles. The Labute approximate surface area is 316 Å². The molecule has 2 amide bonds. The number of aryl methyl sites for hydroxylation is 2. The van der Waals surface area contributed by atoms with Crippen molar-refractivity contribution in [1.82, 2.24) is 24.8 Å². The number of methoxy groups -OCH3 is 1. The summed E-state index contributed by atoms with van der Waals surface area (Å²) in [5.74, 6) is -2.38. The number of nitrogens with zero attached hydrogens (tertiary/aromatic N) is 3. The standard InChI is InChI=1S/C43H42F3N5O4/c1-9-27-21(4)30-16-32-23(6)29(11-12-36(52)55-8)39(49-32)38-40-37(41(53)51(42(38)54)19-25-13-20(3)14-26(15-25)43(44,45)46)24(7)33(50-40)18-35-28(10-2)22(5)31(48-35)17-34(27)47-30/h9,13-18,23,29,49-50H,1,10-12,19H2,2-8H3/t23-,29-/m0/s1. The summed E-state index contributed by atoms with van der Waals surface area (Å²) in [6.45, 7) is 15.0. The Morgan fingerprint density at radius 1 is 0.927 bits per heavy atom. The molecule has 8 bridgehead atoms. The maximum atomic E-state index is 14.9. The summed E-state index contributed by atoms with van der Waals surface area (Å²) in [6.07, 6.45) is -1.80. The van der Waals surface area contributed by atoms with E-state index in [2.05, 4.69) is 16.5 Å². The van der Waals surface area contributed by atoms with E-state index in [4.69, 9.17) is 14.7 Å². The summed E-state index contributed by atoms with van der Waals surface area (Å²) in [5.41, 5.74) is 9.32. The van der Waals surface area contributed by atoms with Crippen LogP contribution in [0.15, 0.2) is 49.1 Å². The van der Waals surface area contributed by atoms with E-state index >= 15 is 0 Å². The second-order valence-corrected chi connectivity index (χ2v) is 14.6. The van der Waals surface area contributed by atoms with Crippen molar-refractivity contribution in [1.29, 1.82) is 0 Å². The van der Waals surface area contributed by atoms with Crippen molar-refractivity contribution >= 4 is 51.1 Å². The van der Waals surface area contributed by atoms with Crippen LogP contribution in [-0.2, 0) is 22.3 Å². The molecule has 3 aromatic rings. The molecule has 0 aliphatic carbocycles. The summed E-state index contributed by atoms with van der Waals surface area (Å²) < 4.78 is 46.7. The summed E-state index contributed by atoms with van der Waals surface area (Å²) in [7, 11) is 1.32. The third kappa shape index (κ3) is 6.36. The Morgan fingerprint density at radius 3 is 2.29 bits per heavy atom. The number of imide groups is 1. The van der Waals surface area contributed by atoms with Gasteiger partial charge in [0.15, 0.2) is 0 Å². The SMILES string of the molecule is C=CC1=C(C)c2cc3[nH]c(c4c5[nH]c(cc6nc(cc1n2)C(C)=C6CC)c(C)c5C(=O)N(Cc1cc(C)cc(C(F)(F)F)c1)C4=O)[C@@H](CCC(=O)OC)[C@@H]3C. The first-order chi connectivity index (χ1) is 26.1. The second kappa shape index (κ2) is 13.8. The van der Waals surface area contributed by atoms with Crippen LogP contribution in [0.1, 0.15) is 136 Å². The van der Waals surface area contributed by atoms with Crippen LogP contribution in [0.5, 0.6) is 0 Å². The average Bonchev–Trinajstić information content (AvgIpc) is 3.81. The quantitative estimate of drug-likeness (QED) is 0.183. The Balaban J connectivity index is 1.57. The lowest BCUT2D eigenvalue weighted by Gasteiger charge is -2.27.